The molecule has 0 radical (unpaired) electrons. The van der Waals surface area contributed by atoms with Gasteiger partial charge in [-0.25, -0.2) is 0 Å². The summed E-state index contributed by atoms with van der Waals surface area (Å²) in [5.74, 6) is 0. The Morgan fingerprint density at radius 2 is 0.732 bits per heavy atom. The maximum Gasteiger partial charge on any atom is 0.290 e. The number of carboxylic acid groups (broad SMARTS) is 1. The van der Waals surface area contributed by atoms with Crippen LogP contribution in [0, 0.1) is 0 Å². The average Bonchev–Trinajstić information content (AvgIpc) is 2.85. The largest absolute Gasteiger partial charge is 0.483 e. The van der Waals surface area contributed by atoms with E-state index in [0.717, 1.165) is 71.9 Å². The minimum Gasteiger partial charge on any atom is -0.483 e. The number of carbonyl (C=O) groups excluding carboxylic acids is 1. The summed E-state index contributed by atoms with van der Waals surface area (Å²) in [5.41, 5.74) is 0. The number of ether oxygens (including phenoxy) is 4. The molecule has 0 aromatic carbocycles. The van der Waals surface area contributed by atoms with Crippen molar-refractivity contribution in [2.45, 2.75) is 26.7 Å². The molecule has 3 N–H and O–H groups in total. The molecule has 0 saturated carbocycles. The Hall–Kier alpha value is -1.42. The summed E-state index contributed by atoms with van der Waals surface area (Å²) in [7, 11) is 16.3. The van der Waals surface area contributed by atoms with Gasteiger partial charge in [0.2, 0.25) is 6.41 Å². The van der Waals surface area contributed by atoms with Gasteiger partial charge in [0.15, 0.2) is 0 Å². The summed E-state index contributed by atoms with van der Waals surface area (Å²) in [6.07, 6.45) is 4.34. The molecule has 1 amide bonds. The highest BCUT2D eigenvalue weighted by atomic mass is 16.5. The lowest BCUT2D eigenvalue weighted by Gasteiger charge is -2.18. The normalized spacial score (nSPS) is 10.3. The van der Waals surface area contributed by atoms with Crippen LogP contribution in [0.1, 0.15) is 26.7 Å². The van der Waals surface area contributed by atoms with Crippen LogP contribution in [0.2, 0.25) is 0 Å². The minimum atomic E-state index is -0.250. The first-order valence-electron chi connectivity index (χ1n) is 13.8. The summed E-state index contributed by atoms with van der Waals surface area (Å²) < 4.78 is 21.9. The van der Waals surface area contributed by atoms with Gasteiger partial charge in [-0.05, 0) is 75.6 Å². The molecular weight excluding hydrogens is 534 g/mol. The van der Waals surface area contributed by atoms with E-state index in [1.54, 1.807) is 4.90 Å². The van der Waals surface area contributed by atoms with E-state index in [0.29, 0.717) is 39.5 Å². The second-order valence-corrected chi connectivity index (χ2v) is 9.97. The van der Waals surface area contributed by atoms with E-state index in [9.17, 15) is 4.79 Å². The zero-order valence-corrected chi connectivity index (χ0v) is 26.8. The third kappa shape index (κ3) is 55.2. The second kappa shape index (κ2) is 40.7. The Morgan fingerprint density at radius 1 is 0.488 bits per heavy atom. The number of rotatable bonds is 25. The number of hydrogen-bond donors (Lipinski definition) is 1. The lowest BCUT2D eigenvalue weighted by molar-refractivity contribution is -0.123. The first kappa shape index (κ1) is 49.3. The molecule has 13 nitrogen and oxygen atoms in total. The van der Waals surface area contributed by atoms with Crippen LogP contribution in [-0.4, -0.2) is 196 Å². The molecule has 0 rings (SSSR count). The zero-order valence-electron chi connectivity index (χ0n) is 26.8. The molecule has 0 heterocycles. The van der Waals surface area contributed by atoms with Crippen molar-refractivity contribution in [3.8, 4) is 0 Å². The first-order chi connectivity index (χ1) is 18.6. The summed E-state index contributed by atoms with van der Waals surface area (Å²) in [6, 6.07) is 0. The fourth-order valence-corrected chi connectivity index (χ4v) is 2.56. The smallest absolute Gasteiger partial charge is 0.290 e. The van der Waals surface area contributed by atoms with Gasteiger partial charge in [0.1, 0.15) is 0 Å². The van der Waals surface area contributed by atoms with Gasteiger partial charge in [-0.15, -0.1) is 0 Å². The summed E-state index contributed by atoms with van der Waals surface area (Å²) in [5, 5.41) is 6.89. The molecule has 0 fully saturated rings. The van der Waals surface area contributed by atoms with Crippen LogP contribution in [0.25, 0.3) is 0 Å². The molecule has 0 aliphatic heterocycles. The van der Waals surface area contributed by atoms with Crippen molar-refractivity contribution in [2.24, 2.45) is 0 Å². The van der Waals surface area contributed by atoms with Crippen molar-refractivity contribution in [3.05, 3.63) is 0 Å². The Morgan fingerprint density at radius 3 is 0.976 bits per heavy atom. The van der Waals surface area contributed by atoms with Gasteiger partial charge in [-0.2, -0.15) is 0 Å². The summed E-state index contributed by atoms with van der Waals surface area (Å²) in [6.45, 7) is 10.8. The fourth-order valence-electron chi connectivity index (χ4n) is 2.56. The second-order valence-electron chi connectivity index (χ2n) is 9.97. The number of likely N-dealkylation sites (N-methyl/N-ethyl adjacent to an activating group) is 4. The summed E-state index contributed by atoms with van der Waals surface area (Å²) >= 11 is 0. The van der Waals surface area contributed by atoms with Crippen molar-refractivity contribution < 1.29 is 39.1 Å². The summed E-state index contributed by atoms with van der Waals surface area (Å²) in [4.78, 5) is 29.3. The lowest BCUT2D eigenvalue weighted by atomic mass is 10.2. The van der Waals surface area contributed by atoms with Crippen LogP contribution in [0.3, 0.4) is 0 Å². The number of amides is 1. The number of carbonyl (C=O) groups is 2. The van der Waals surface area contributed by atoms with Crippen molar-refractivity contribution in [1.29, 1.82) is 0 Å². The van der Waals surface area contributed by atoms with Gasteiger partial charge in [-0.1, -0.05) is 7.43 Å². The molecule has 252 valence electrons. The maximum atomic E-state index is 10.8. The molecule has 0 atom stereocenters. The van der Waals surface area contributed by atoms with Gasteiger partial charge < -0.3 is 54.0 Å². The SMILES string of the molecule is C.CN(C)CCOCCCCCOCCN(C)C.CN(C)CCOCCN(C=O)CCOCCN(C)C.O.O=CO. The monoisotopic (exact) mass is 601 g/mol. The topological polar surface area (TPSA) is 139 Å². The predicted molar refractivity (Wildman–Crippen MR) is 168 cm³/mol. The van der Waals surface area contributed by atoms with Gasteiger partial charge >= 0.3 is 0 Å². The van der Waals surface area contributed by atoms with Crippen molar-refractivity contribution in [2.75, 3.05) is 149 Å². The Balaban J connectivity index is -0.000000184. The molecule has 0 aliphatic carbocycles. The molecule has 0 saturated heterocycles. The molecule has 0 aromatic rings. The molecule has 0 aromatic heterocycles. The highest BCUT2D eigenvalue weighted by Crippen LogP contribution is 1.97. The third-order valence-electron chi connectivity index (χ3n) is 5.00. The quantitative estimate of drug-likeness (QED) is 0.115. The predicted octanol–water partition coefficient (Wildman–Crippen LogP) is 0.427. The minimum absolute atomic E-state index is 0. The zero-order chi connectivity index (χ0) is 30.2. The molecule has 0 bridgehead atoms. The highest BCUT2D eigenvalue weighted by Gasteiger charge is 2.02. The molecule has 13 heteroatoms. The molecule has 0 unspecified atom stereocenters. The van der Waals surface area contributed by atoms with E-state index in [1.165, 1.54) is 6.42 Å². The van der Waals surface area contributed by atoms with E-state index >= 15 is 0 Å². The Labute approximate surface area is 251 Å². The van der Waals surface area contributed by atoms with Gasteiger partial charge in [0.25, 0.3) is 6.47 Å². The number of nitrogens with zero attached hydrogens (tertiary/aromatic N) is 5. The molecule has 0 spiro atoms. The average molecular weight is 602 g/mol. The van der Waals surface area contributed by atoms with E-state index in [4.69, 9.17) is 28.8 Å². The number of unbranched alkanes of at least 4 members (excludes halogenated alkanes) is 2. The molecular formula is C28H67N5O8. The van der Waals surface area contributed by atoms with Crippen LogP contribution in [0.15, 0.2) is 0 Å². The standard InChI is InChI=1S/C13H29N3O3.C13H30N2O2.CH2O2.CH4.H2O/c1-14(2)5-9-18-11-7-16(13-17)8-12-19-10-6-15(3)4;1-14(2)8-12-16-10-6-5-7-11-17-13-9-15(3)4;2-1-3;;/h13H,5-12H2,1-4H3;5-13H2,1-4H3;1H,(H,2,3);1H4;1H2. The van der Waals surface area contributed by atoms with Gasteiger partial charge in [-0.3, -0.25) is 9.59 Å². The molecule has 0 aliphatic rings. The third-order valence-corrected chi connectivity index (χ3v) is 5.00. The van der Waals surface area contributed by atoms with Crippen LogP contribution in [-0.2, 0) is 28.5 Å². The molecule has 41 heavy (non-hydrogen) atoms. The van der Waals surface area contributed by atoms with Crippen molar-refractivity contribution in [3.63, 3.8) is 0 Å². The number of hydrogen-bond acceptors (Lipinski definition) is 10. The fraction of sp³-hybridized carbons (Fsp3) is 0.929. The van der Waals surface area contributed by atoms with Crippen LogP contribution < -0.4 is 0 Å². The van der Waals surface area contributed by atoms with Crippen molar-refractivity contribution >= 4 is 12.9 Å². The Bertz CT molecular complexity index is 456. The Kier molecular flexibility index (Phi) is 48.9. The lowest BCUT2D eigenvalue weighted by Crippen LogP contribution is -2.31. The van der Waals surface area contributed by atoms with Crippen molar-refractivity contribution in [1.82, 2.24) is 24.5 Å². The van der Waals surface area contributed by atoms with Crippen LogP contribution in [0.5, 0.6) is 0 Å². The van der Waals surface area contributed by atoms with E-state index in [1.807, 2.05) is 28.2 Å². The van der Waals surface area contributed by atoms with Crippen LogP contribution in [0.4, 0.5) is 0 Å². The van der Waals surface area contributed by atoms with Crippen LogP contribution >= 0.6 is 0 Å². The first-order valence-corrected chi connectivity index (χ1v) is 13.8. The highest BCUT2D eigenvalue weighted by molar-refractivity contribution is 5.46. The van der Waals surface area contributed by atoms with E-state index in [2.05, 4.69) is 47.8 Å². The maximum absolute atomic E-state index is 10.8. The van der Waals surface area contributed by atoms with E-state index < -0.39 is 0 Å². The van der Waals surface area contributed by atoms with Gasteiger partial charge in [0.05, 0.1) is 39.6 Å². The van der Waals surface area contributed by atoms with E-state index in [-0.39, 0.29) is 19.4 Å². The van der Waals surface area contributed by atoms with Gasteiger partial charge in [0, 0.05) is 52.5 Å².